The molecule has 0 saturated heterocycles. The molecule has 0 spiro atoms. The lowest BCUT2D eigenvalue weighted by atomic mass is 10.3. The molecule has 5 heteroatoms. The van der Waals surface area contributed by atoms with Gasteiger partial charge in [-0.1, -0.05) is 4.49 Å². The van der Waals surface area contributed by atoms with Crippen molar-refractivity contribution in [1.82, 2.24) is 19.8 Å². The third kappa shape index (κ3) is 4.31. The molecule has 4 nitrogen and oxygen atoms in total. The van der Waals surface area contributed by atoms with Gasteiger partial charge >= 0.3 is 0 Å². The average Bonchev–Trinajstić information content (AvgIpc) is 2.51. The molecule has 1 heterocycles. The summed E-state index contributed by atoms with van der Waals surface area (Å²) in [5, 5.41) is 7.18. The van der Waals surface area contributed by atoms with Gasteiger partial charge in [-0.25, -0.2) is 0 Å². The van der Waals surface area contributed by atoms with E-state index in [0.717, 1.165) is 13.1 Å². The Morgan fingerprint density at radius 1 is 1.62 bits per heavy atom. The van der Waals surface area contributed by atoms with E-state index in [9.17, 15) is 0 Å². The molecule has 13 heavy (non-hydrogen) atoms. The molecule has 0 aliphatic heterocycles. The summed E-state index contributed by atoms with van der Waals surface area (Å²) in [6, 6.07) is 0.497. The Balaban J connectivity index is 2.19. The topological polar surface area (TPSA) is 41.0 Å². The number of rotatable bonds is 5. The van der Waals surface area contributed by atoms with Crippen LogP contribution in [0.25, 0.3) is 0 Å². The van der Waals surface area contributed by atoms with E-state index in [-0.39, 0.29) is 0 Å². The standard InChI is InChI=1S/C8H16N4S/c1-7(6-12(2)3)9-4-8-5-10-11-13-8/h5,7,9H,4,6H2,1-3H3. The Bertz CT molecular complexity index is 222. The maximum absolute atomic E-state index is 3.80. The van der Waals surface area contributed by atoms with Crippen LogP contribution in [0, 0.1) is 0 Å². The summed E-state index contributed by atoms with van der Waals surface area (Å²) in [7, 11) is 4.15. The first-order valence-electron chi connectivity index (χ1n) is 4.33. The molecule has 0 amide bonds. The summed E-state index contributed by atoms with van der Waals surface area (Å²) < 4.78 is 3.80. The second kappa shape index (κ2) is 5.26. The molecule has 0 bridgehead atoms. The maximum Gasteiger partial charge on any atom is 0.0666 e. The molecule has 0 fully saturated rings. The molecule has 0 radical (unpaired) electrons. The fourth-order valence-corrected chi connectivity index (χ4v) is 1.59. The van der Waals surface area contributed by atoms with Gasteiger partial charge in [-0.2, -0.15) is 0 Å². The Labute approximate surface area is 83.1 Å². The van der Waals surface area contributed by atoms with Crippen molar-refractivity contribution < 1.29 is 0 Å². The molecule has 0 aromatic carbocycles. The quantitative estimate of drug-likeness (QED) is 0.755. The number of likely N-dealkylation sites (N-methyl/N-ethyl adjacent to an activating group) is 1. The number of nitrogens with one attached hydrogen (secondary N) is 1. The number of hydrogen-bond acceptors (Lipinski definition) is 5. The van der Waals surface area contributed by atoms with E-state index in [0.29, 0.717) is 6.04 Å². The second-order valence-electron chi connectivity index (χ2n) is 3.43. The van der Waals surface area contributed by atoms with E-state index in [2.05, 4.69) is 40.8 Å². The minimum absolute atomic E-state index is 0.497. The van der Waals surface area contributed by atoms with Gasteiger partial charge in [-0.3, -0.25) is 0 Å². The van der Waals surface area contributed by atoms with Crippen LogP contribution in [-0.4, -0.2) is 41.2 Å². The largest absolute Gasteiger partial charge is 0.308 e. The molecular formula is C8H16N4S. The molecule has 1 aromatic heterocycles. The van der Waals surface area contributed by atoms with Gasteiger partial charge in [-0.05, 0) is 32.6 Å². The molecule has 74 valence electrons. The van der Waals surface area contributed by atoms with E-state index in [1.165, 1.54) is 16.4 Å². The first kappa shape index (κ1) is 10.6. The summed E-state index contributed by atoms with van der Waals surface area (Å²) in [4.78, 5) is 3.35. The Morgan fingerprint density at radius 2 is 2.38 bits per heavy atom. The molecule has 1 unspecified atom stereocenters. The van der Waals surface area contributed by atoms with Gasteiger partial charge in [0.1, 0.15) is 0 Å². The van der Waals surface area contributed by atoms with Crippen LogP contribution >= 0.6 is 11.5 Å². The van der Waals surface area contributed by atoms with E-state index < -0.39 is 0 Å². The fourth-order valence-electron chi connectivity index (χ4n) is 1.15. The molecule has 0 aliphatic rings. The first-order chi connectivity index (χ1) is 6.18. The van der Waals surface area contributed by atoms with E-state index in [1.54, 1.807) is 6.20 Å². The molecule has 1 atom stereocenters. The zero-order valence-electron chi connectivity index (χ0n) is 8.32. The van der Waals surface area contributed by atoms with E-state index in [1.807, 2.05) is 0 Å². The van der Waals surface area contributed by atoms with Crippen molar-refractivity contribution >= 4 is 11.5 Å². The van der Waals surface area contributed by atoms with Crippen molar-refractivity contribution in [2.24, 2.45) is 0 Å². The van der Waals surface area contributed by atoms with E-state index >= 15 is 0 Å². The molecule has 0 aliphatic carbocycles. The van der Waals surface area contributed by atoms with Crippen LogP contribution < -0.4 is 5.32 Å². The predicted molar refractivity (Wildman–Crippen MR) is 54.8 cm³/mol. The smallest absolute Gasteiger partial charge is 0.0666 e. The van der Waals surface area contributed by atoms with Crippen molar-refractivity contribution in [2.75, 3.05) is 20.6 Å². The highest BCUT2D eigenvalue weighted by atomic mass is 32.1. The Hall–Kier alpha value is -0.520. The molecule has 1 N–H and O–H groups in total. The summed E-state index contributed by atoms with van der Waals surface area (Å²) >= 11 is 1.45. The summed E-state index contributed by atoms with van der Waals surface area (Å²) in [6.07, 6.45) is 1.81. The summed E-state index contributed by atoms with van der Waals surface area (Å²) in [6.45, 7) is 4.09. The monoisotopic (exact) mass is 200 g/mol. The average molecular weight is 200 g/mol. The van der Waals surface area contributed by atoms with Crippen LogP contribution in [0.3, 0.4) is 0 Å². The van der Waals surface area contributed by atoms with Gasteiger partial charge in [0.15, 0.2) is 0 Å². The van der Waals surface area contributed by atoms with Crippen molar-refractivity contribution in [3.05, 3.63) is 11.1 Å². The normalized spacial score (nSPS) is 13.5. The Morgan fingerprint density at radius 3 is 2.92 bits per heavy atom. The van der Waals surface area contributed by atoms with Crippen LogP contribution in [0.15, 0.2) is 6.20 Å². The lowest BCUT2D eigenvalue weighted by molar-refractivity contribution is 0.349. The van der Waals surface area contributed by atoms with Gasteiger partial charge in [0.05, 0.1) is 11.1 Å². The lowest BCUT2D eigenvalue weighted by Crippen LogP contribution is -2.35. The number of nitrogens with zero attached hydrogens (tertiary/aromatic N) is 3. The van der Waals surface area contributed by atoms with Gasteiger partial charge in [0.2, 0.25) is 0 Å². The third-order valence-corrected chi connectivity index (χ3v) is 2.33. The summed E-state index contributed by atoms with van der Waals surface area (Å²) in [5.74, 6) is 0. The Kier molecular flexibility index (Phi) is 4.27. The van der Waals surface area contributed by atoms with Crippen molar-refractivity contribution in [3.63, 3.8) is 0 Å². The number of hydrogen-bond donors (Lipinski definition) is 1. The fraction of sp³-hybridized carbons (Fsp3) is 0.750. The number of aromatic nitrogens is 2. The first-order valence-corrected chi connectivity index (χ1v) is 5.10. The third-order valence-electron chi connectivity index (χ3n) is 1.67. The minimum atomic E-state index is 0.497. The van der Waals surface area contributed by atoms with Crippen LogP contribution in [0.1, 0.15) is 11.8 Å². The highest BCUT2D eigenvalue weighted by molar-refractivity contribution is 7.05. The zero-order valence-corrected chi connectivity index (χ0v) is 9.14. The van der Waals surface area contributed by atoms with Crippen LogP contribution in [0.4, 0.5) is 0 Å². The van der Waals surface area contributed by atoms with Gasteiger partial charge < -0.3 is 10.2 Å². The molecule has 1 aromatic rings. The van der Waals surface area contributed by atoms with Crippen LogP contribution in [0.2, 0.25) is 0 Å². The molecule has 0 saturated carbocycles. The molecular weight excluding hydrogens is 184 g/mol. The minimum Gasteiger partial charge on any atom is -0.308 e. The maximum atomic E-state index is 3.80. The van der Waals surface area contributed by atoms with Crippen molar-refractivity contribution in [2.45, 2.75) is 19.5 Å². The zero-order chi connectivity index (χ0) is 9.68. The molecule has 1 rings (SSSR count). The predicted octanol–water partition coefficient (Wildman–Crippen LogP) is 0.578. The van der Waals surface area contributed by atoms with Crippen LogP contribution in [-0.2, 0) is 6.54 Å². The van der Waals surface area contributed by atoms with Gasteiger partial charge in [0, 0.05) is 19.1 Å². The second-order valence-corrected chi connectivity index (χ2v) is 4.30. The lowest BCUT2D eigenvalue weighted by Gasteiger charge is -2.17. The van der Waals surface area contributed by atoms with Gasteiger partial charge in [-0.15, -0.1) is 5.10 Å². The highest BCUT2D eigenvalue weighted by Crippen LogP contribution is 2.01. The summed E-state index contributed by atoms with van der Waals surface area (Å²) in [5.41, 5.74) is 0. The van der Waals surface area contributed by atoms with Gasteiger partial charge in [0.25, 0.3) is 0 Å². The SMILES string of the molecule is CC(CN(C)C)NCc1cnns1. The van der Waals surface area contributed by atoms with E-state index in [4.69, 9.17) is 0 Å². The highest BCUT2D eigenvalue weighted by Gasteiger charge is 2.03. The van der Waals surface area contributed by atoms with Crippen LogP contribution in [0.5, 0.6) is 0 Å². The van der Waals surface area contributed by atoms with Crippen molar-refractivity contribution in [3.8, 4) is 0 Å². The van der Waals surface area contributed by atoms with Crippen molar-refractivity contribution in [1.29, 1.82) is 0 Å².